The molecule has 12 nitrogen and oxygen atoms in total. The summed E-state index contributed by atoms with van der Waals surface area (Å²) in [5.74, 6) is 4.36. The van der Waals surface area contributed by atoms with E-state index in [0.717, 1.165) is 0 Å². The summed E-state index contributed by atoms with van der Waals surface area (Å²) in [6.45, 7) is 1.46. The molecule has 1 aliphatic heterocycles. The summed E-state index contributed by atoms with van der Waals surface area (Å²) in [6.07, 6.45) is -4.28. The number of anilines is 1. The van der Waals surface area contributed by atoms with Crippen molar-refractivity contribution >= 4 is 35.9 Å². The standard InChI is InChI=1S/C20H24ClFN5O7P/c1-10(11-4-2-3-5-13(11)22)25-14-6-16(21)26-19-12(14)7-24-27(19)20-18(29)17(28)15(33-20)8-32-9-35(30,31)34-23/h2-7,10,15,17-18,20,28-29H,8-9,23H2,1H3,(H,25,26)(H,30,31)/t10-,15+,17+,18+,20+/m0/s1. The molecule has 15 heteroatoms. The zero-order chi connectivity index (χ0) is 25.3. The summed E-state index contributed by atoms with van der Waals surface area (Å²) in [4.78, 5) is 13.6. The van der Waals surface area contributed by atoms with Gasteiger partial charge in [-0.15, -0.1) is 0 Å². The number of pyridine rings is 1. The van der Waals surface area contributed by atoms with Crippen LogP contribution in [0.4, 0.5) is 10.1 Å². The normalized spacial score (nSPS) is 25.0. The van der Waals surface area contributed by atoms with Crippen molar-refractivity contribution in [2.45, 2.75) is 37.5 Å². The van der Waals surface area contributed by atoms with Gasteiger partial charge in [-0.05, 0) is 19.1 Å². The molecule has 3 heterocycles. The second-order valence-corrected chi connectivity index (χ2v) is 10.1. The molecular weight excluding hydrogens is 508 g/mol. The van der Waals surface area contributed by atoms with Crippen molar-refractivity contribution in [1.29, 1.82) is 0 Å². The number of aliphatic hydroxyl groups excluding tert-OH is 2. The second-order valence-electron chi connectivity index (χ2n) is 8.00. The zero-order valence-electron chi connectivity index (χ0n) is 18.4. The topological polar surface area (TPSA) is 174 Å². The van der Waals surface area contributed by atoms with E-state index in [0.29, 0.717) is 16.6 Å². The molecule has 1 aromatic carbocycles. The minimum atomic E-state index is -4.13. The van der Waals surface area contributed by atoms with Crippen LogP contribution >= 0.6 is 19.2 Å². The molecule has 0 amide bonds. The Bertz CT molecular complexity index is 1250. The summed E-state index contributed by atoms with van der Waals surface area (Å²) in [6, 6.07) is 7.52. The quantitative estimate of drug-likeness (QED) is 0.155. The predicted octanol–water partition coefficient (Wildman–Crippen LogP) is 2.07. The number of ether oxygens (including phenoxy) is 2. The van der Waals surface area contributed by atoms with Crippen molar-refractivity contribution in [3.8, 4) is 0 Å². The van der Waals surface area contributed by atoms with E-state index in [1.54, 1.807) is 31.2 Å². The Morgan fingerprint density at radius 2 is 2.11 bits per heavy atom. The molecule has 190 valence electrons. The smallest absolute Gasteiger partial charge is 0.369 e. The average Bonchev–Trinajstić information content (AvgIpc) is 3.35. The summed E-state index contributed by atoms with van der Waals surface area (Å²) < 4.78 is 41.6. The molecule has 4 rings (SSSR count). The highest BCUT2D eigenvalue weighted by Gasteiger charge is 2.45. The Balaban J connectivity index is 1.56. The van der Waals surface area contributed by atoms with Gasteiger partial charge in [0.05, 0.1) is 29.9 Å². The van der Waals surface area contributed by atoms with Crippen LogP contribution in [0.5, 0.6) is 0 Å². The molecule has 2 aromatic heterocycles. The second kappa shape index (κ2) is 10.4. The van der Waals surface area contributed by atoms with E-state index < -0.39 is 44.5 Å². The summed E-state index contributed by atoms with van der Waals surface area (Å²) in [5, 5.41) is 29.0. The lowest BCUT2D eigenvalue weighted by Crippen LogP contribution is -2.34. The lowest BCUT2D eigenvalue weighted by Gasteiger charge is -2.18. The van der Waals surface area contributed by atoms with E-state index >= 15 is 0 Å². The van der Waals surface area contributed by atoms with E-state index in [4.69, 9.17) is 27.0 Å². The van der Waals surface area contributed by atoms with E-state index in [-0.39, 0.29) is 23.2 Å². The van der Waals surface area contributed by atoms with Crippen molar-refractivity contribution in [3.05, 3.63) is 53.1 Å². The maximum Gasteiger partial charge on any atom is 0.369 e. The van der Waals surface area contributed by atoms with Gasteiger partial charge in [-0.25, -0.2) is 24.6 Å². The van der Waals surface area contributed by atoms with E-state index in [2.05, 4.69) is 20.0 Å². The van der Waals surface area contributed by atoms with Gasteiger partial charge in [-0.1, -0.05) is 29.8 Å². The maximum absolute atomic E-state index is 14.2. The molecular formula is C20H24ClFN5O7P. The van der Waals surface area contributed by atoms with Crippen LogP contribution in [0.15, 0.2) is 36.5 Å². The molecule has 0 spiro atoms. The lowest BCUT2D eigenvalue weighted by atomic mass is 10.1. The molecule has 1 aliphatic rings. The minimum absolute atomic E-state index is 0.107. The van der Waals surface area contributed by atoms with Gasteiger partial charge in [0.2, 0.25) is 0 Å². The van der Waals surface area contributed by atoms with E-state index in [1.165, 1.54) is 16.9 Å². The Hall–Kier alpha value is -2.19. The number of fused-ring (bicyclic) bond motifs is 1. The fraction of sp³-hybridized carbons (Fsp3) is 0.400. The molecule has 6 atom stereocenters. The Labute approximate surface area is 203 Å². The van der Waals surface area contributed by atoms with Gasteiger partial charge in [-0.2, -0.15) is 5.10 Å². The van der Waals surface area contributed by atoms with Crippen LogP contribution in [0.1, 0.15) is 24.8 Å². The van der Waals surface area contributed by atoms with Gasteiger partial charge >= 0.3 is 7.60 Å². The van der Waals surface area contributed by atoms with Crippen LogP contribution in [-0.4, -0.2) is 61.1 Å². The van der Waals surface area contributed by atoms with E-state index in [1.807, 2.05) is 0 Å². The van der Waals surface area contributed by atoms with Gasteiger partial charge in [0.25, 0.3) is 0 Å². The first-order chi connectivity index (χ1) is 16.6. The highest BCUT2D eigenvalue weighted by atomic mass is 35.5. The Morgan fingerprint density at radius 3 is 2.83 bits per heavy atom. The molecule has 1 unspecified atom stereocenters. The maximum atomic E-state index is 14.2. The van der Waals surface area contributed by atoms with Crippen molar-refractivity contribution < 1.29 is 38.2 Å². The zero-order valence-corrected chi connectivity index (χ0v) is 20.0. The fourth-order valence-electron chi connectivity index (χ4n) is 3.81. The number of aromatic nitrogens is 3. The number of benzene rings is 1. The number of halogens is 2. The third-order valence-electron chi connectivity index (χ3n) is 5.56. The van der Waals surface area contributed by atoms with Gasteiger partial charge in [0.15, 0.2) is 11.9 Å². The highest BCUT2D eigenvalue weighted by Crippen LogP contribution is 2.40. The molecule has 1 fully saturated rings. The number of nitrogens with two attached hydrogens (primary N) is 1. The number of nitrogens with one attached hydrogen (secondary N) is 1. The number of rotatable bonds is 9. The molecule has 0 bridgehead atoms. The van der Waals surface area contributed by atoms with Crippen molar-refractivity contribution in [1.82, 2.24) is 14.8 Å². The first-order valence-electron chi connectivity index (χ1n) is 10.5. The molecule has 1 saturated heterocycles. The van der Waals surface area contributed by atoms with Crippen LogP contribution in [0.25, 0.3) is 11.0 Å². The van der Waals surface area contributed by atoms with Crippen molar-refractivity contribution in [3.63, 3.8) is 0 Å². The summed E-state index contributed by atoms with van der Waals surface area (Å²) in [5.41, 5.74) is 1.22. The average molecular weight is 532 g/mol. The molecule has 3 aromatic rings. The van der Waals surface area contributed by atoms with Crippen LogP contribution in [0.2, 0.25) is 5.15 Å². The predicted molar refractivity (Wildman–Crippen MR) is 123 cm³/mol. The molecule has 35 heavy (non-hydrogen) atoms. The van der Waals surface area contributed by atoms with E-state index in [9.17, 15) is 24.1 Å². The van der Waals surface area contributed by atoms with Crippen LogP contribution in [0.3, 0.4) is 0 Å². The fourth-order valence-corrected chi connectivity index (χ4v) is 4.40. The van der Waals surface area contributed by atoms with Gasteiger partial charge < -0.3 is 29.9 Å². The monoisotopic (exact) mass is 531 g/mol. The van der Waals surface area contributed by atoms with Crippen molar-refractivity contribution in [2.75, 3.05) is 18.3 Å². The lowest BCUT2D eigenvalue weighted by molar-refractivity contribution is -0.0661. The summed E-state index contributed by atoms with van der Waals surface area (Å²) in [7, 11) is -4.13. The largest absolute Gasteiger partial charge is 0.387 e. The number of aliphatic hydroxyl groups is 2. The summed E-state index contributed by atoms with van der Waals surface area (Å²) >= 11 is 6.23. The van der Waals surface area contributed by atoms with Crippen LogP contribution in [-0.2, 0) is 18.7 Å². The first kappa shape index (κ1) is 25.9. The highest BCUT2D eigenvalue weighted by molar-refractivity contribution is 7.52. The third-order valence-corrected chi connectivity index (χ3v) is 6.59. The SMILES string of the molecule is C[C@H](Nc1cc(Cl)nc2c1cnn2[C@@H]1O[C@H](COCP(=O)(O)ON)[C@@H](O)[C@H]1O)c1ccccc1F. The third kappa shape index (κ3) is 5.48. The number of nitrogens with zero attached hydrogens (tertiary/aromatic N) is 3. The Morgan fingerprint density at radius 1 is 1.37 bits per heavy atom. The molecule has 0 saturated carbocycles. The van der Waals surface area contributed by atoms with Crippen LogP contribution in [0, 0.1) is 5.82 Å². The number of hydrogen-bond acceptors (Lipinski definition) is 10. The van der Waals surface area contributed by atoms with Gasteiger partial charge in [0, 0.05) is 5.56 Å². The van der Waals surface area contributed by atoms with Gasteiger partial charge in [-0.3, -0.25) is 4.57 Å². The molecule has 0 radical (unpaired) electrons. The minimum Gasteiger partial charge on any atom is -0.387 e. The van der Waals surface area contributed by atoms with Gasteiger partial charge in [0.1, 0.15) is 35.6 Å². The molecule has 6 N–H and O–H groups in total. The van der Waals surface area contributed by atoms with Crippen LogP contribution < -0.4 is 11.2 Å². The van der Waals surface area contributed by atoms with Crippen molar-refractivity contribution in [2.24, 2.45) is 5.90 Å². The Kier molecular flexibility index (Phi) is 7.71. The molecule has 0 aliphatic carbocycles. The number of hydrogen-bond donors (Lipinski definition) is 5. The first-order valence-corrected chi connectivity index (χ1v) is 12.6.